The molecule has 1 heterocycles. The number of benzene rings is 1. The Hall–Kier alpha value is -3.04. The molecule has 0 aliphatic heterocycles. The second-order valence-electron chi connectivity index (χ2n) is 4.00. The number of aromatic carboxylic acids is 1. The Labute approximate surface area is 117 Å². The van der Waals surface area contributed by atoms with Crippen LogP contribution >= 0.6 is 0 Å². The van der Waals surface area contributed by atoms with Crippen LogP contribution in [0.4, 0.5) is 15.8 Å². The fourth-order valence-electron chi connectivity index (χ4n) is 1.68. The molecule has 0 amide bonds. The van der Waals surface area contributed by atoms with Crippen molar-refractivity contribution < 1.29 is 19.2 Å². The molecule has 0 saturated carbocycles. The van der Waals surface area contributed by atoms with Gasteiger partial charge in [-0.2, -0.15) is 0 Å². The first kappa shape index (κ1) is 14.4. The smallest absolute Gasteiger partial charge is 0.338 e. The molecule has 0 spiro atoms. The molecule has 2 aromatic rings. The molecule has 0 saturated heterocycles. The van der Waals surface area contributed by atoms with Crippen LogP contribution in [0.3, 0.4) is 0 Å². The fourth-order valence-corrected chi connectivity index (χ4v) is 1.68. The summed E-state index contributed by atoms with van der Waals surface area (Å²) in [5, 5.41) is 29.7. The molecule has 110 valence electrons. The van der Waals surface area contributed by atoms with Gasteiger partial charge < -0.3 is 10.4 Å². The number of carboxylic acid groups (broad SMARTS) is 1. The summed E-state index contributed by atoms with van der Waals surface area (Å²) < 4.78 is 15.1. The van der Waals surface area contributed by atoms with Crippen molar-refractivity contribution in [2.75, 3.05) is 11.9 Å². The summed E-state index contributed by atoms with van der Waals surface area (Å²) in [6, 6.07) is 1.48. The number of hydrogen-bond acceptors (Lipinski definition) is 6. The number of carboxylic acids is 1. The van der Waals surface area contributed by atoms with E-state index in [9.17, 15) is 19.3 Å². The number of rotatable bonds is 6. The number of halogens is 1. The zero-order valence-corrected chi connectivity index (χ0v) is 10.6. The topological polar surface area (TPSA) is 123 Å². The van der Waals surface area contributed by atoms with Crippen molar-refractivity contribution >= 4 is 17.3 Å². The quantitative estimate of drug-likeness (QED) is 0.604. The van der Waals surface area contributed by atoms with E-state index >= 15 is 0 Å². The Bertz CT molecular complexity index is 674. The first-order chi connectivity index (χ1) is 9.99. The normalized spacial score (nSPS) is 10.3. The molecule has 0 radical (unpaired) electrons. The van der Waals surface area contributed by atoms with E-state index in [0.717, 1.165) is 6.07 Å². The van der Waals surface area contributed by atoms with Crippen LogP contribution in [0.25, 0.3) is 0 Å². The zero-order chi connectivity index (χ0) is 15.4. The molecule has 0 aliphatic carbocycles. The fraction of sp³-hybridized carbons (Fsp3) is 0.182. The molecule has 1 aromatic carbocycles. The van der Waals surface area contributed by atoms with Gasteiger partial charge in [0.25, 0.3) is 5.69 Å². The lowest BCUT2D eigenvalue weighted by molar-refractivity contribution is -0.384. The van der Waals surface area contributed by atoms with E-state index in [1.54, 1.807) is 6.20 Å². The van der Waals surface area contributed by atoms with Gasteiger partial charge in [-0.15, -0.1) is 5.10 Å². The molecule has 0 atom stereocenters. The van der Waals surface area contributed by atoms with Crippen LogP contribution in [0, 0.1) is 15.9 Å². The molecular formula is C11H10FN5O4. The SMILES string of the molecule is O=C(O)c1cc([N+](=O)[O-])c(NCCn2ccnn2)cc1F. The van der Waals surface area contributed by atoms with Crippen molar-refractivity contribution in [3.63, 3.8) is 0 Å². The van der Waals surface area contributed by atoms with E-state index in [4.69, 9.17) is 5.11 Å². The summed E-state index contributed by atoms with van der Waals surface area (Å²) >= 11 is 0. The van der Waals surface area contributed by atoms with Crippen LogP contribution in [0.5, 0.6) is 0 Å². The second-order valence-corrected chi connectivity index (χ2v) is 4.00. The minimum Gasteiger partial charge on any atom is -0.478 e. The predicted octanol–water partition coefficient (Wildman–Crippen LogP) is 1.14. The predicted molar refractivity (Wildman–Crippen MR) is 68.5 cm³/mol. The highest BCUT2D eigenvalue weighted by molar-refractivity contribution is 5.90. The van der Waals surface area contributed by atoms with Crippen molar-refractivity contribution in [1.29, 1.82) is 0 Å². The minimum atomic E-state index is -1.57. The van der Waals surface area contributed by atoms with Gasteiger partial charge in [0.05, 0.1) is 17.7 Å². The van der Waals surface area contributed by atoms with Gasteiger partial charge in [-0.3, -0.25) is 14.8 Å². The van der Waals surface area contributed by atoms with Crippen LogP contribution in [-0.4, -0.2) is 37.5 Å². The van der Waals surface area contributed by atoms with Crippen LogP contribution in [0.2, 0.25) is 0 Å². The number of hydrogen-bond donors (Lipinski definition) is 2. The first-order valence-electron chi connectivity index (χ1n) is 5.78. The van der Waals surface area contributed by atoms with Gasteiger partial charge in [0.15, 0.2) is 0 Å². The van der Waals surface area contributed by atoms with E-state index < -0.39 is 28.0 Å². The van der Waals surface area contributed by atoms with Crippen molar-refractivity contribution in [1.82, 2.24) is 15.0 Å². The van der Waals surface area contributed by atoms with Gasteiger partial charge in [0.1, 0.15) is 17.1 Å². The Morgan fingerprint density at radius 2 is 2.29 bits per heavy atom. The third-order valence-corrected chi connectivity index (χ3v) is 2.64. The van der Waals surface area contributed by atoms with E-state index in [-0.39, 0.29) is 12.2 Å². The van der Waals surface area contributed by atoms with Gasteiger partial charge in [-0.25, -0.2) is 9.18 Å². The van der Waals surface area contributed by atoms with Crippen molar-refractivity contribution in [3.05, 3.63) is 46.0 Å². The van der Waals surface area contributed by atoms with Crippen LogP contribution < -0.4 is 5.32 Å². The highest BCUT2D eigenvalue weighted by atomic mass is 19.1. The zero-order valence-electron chi connectivity index (χ0n) is 10.6. The van der Waals surface area contributed by atoms with Gasteiger partial charge in [0.2, 0.25) is 0 Å². The summed E-state index contributed by atoms with van der Waals surface area (Å²) in [6.45, 7) is 0.593. The third-order valence-electron chi connectivity index (χ3n) is 2.64. The average molecular weight is 295 g/mol. The summed E-state index contributed by atoms with van der Waals surface area (Å²) in [6.07, 6.45) is 3.08. The molecule has 2 rings (SSSR count). The molecule has 0 unspecified atom stereocenters. The molecule has 0 fully saturated rings. The molecule has 10 heteroatoms. The first-order valence-corrected chi connectivity index (χ1v) is 5.78. The van der Waals surface area contributed by atoms with Crippen LogP contribution in [0.15, 0.2) is 24.5 Å². The number of nitrogens with one attached hydrogen (secondary N) is 1. The van der Waals surface area contributed by atoms with Gasteiger partial charge >= 0.3 is 5.97 Å². The van der Waals surface area contributed by atoms with E-state index in [0.29, 0.717) is 12.6 Å². The van der Waals surface area contributed by atoms with Crippen molar-refractivity contribution in [2.45, 2.75) is 6.54 Å². The molecule has 0 aliphatic rings. The summed E-state index contributed by atoms with van der Waals surface area (Å²) in [7, 11) is 0. The number of nitro groups is 1. The lowest BCUT2D eigenvalue weighted by Crippen LogP contribution is -2.13. The highest BCUT2D eigenvalue weighted by Gasteiger charge is 2.21. The number of nitrogens with zero attached hydrogens (tertiary/aromatic N) is 4. The van der Waals surface area contributed by atoms with Crippen molar-refractivity contribution in [3.8, 4) is 0 Å². The second kappa shape index (κ2) is 5.94. The Kier molecular flexibility index (Phi) is 4.07. The Morgan fingerprint density at radius 3 is 2.86 bits per heavy atom. The molecule has 2 N–H and O–H groups in total. The third kappa shape index (κ3) is 3.29. The lowest BCUT2D eigenvalue weighted by atomic mass is 10.1. The molecular weight excluding hydrogens is 285 g/mol. The van der Waals surface area contributed by atoms with Gasteiger partial charge in [-0.1, -0.05) is 5.21 Å². The number of nitro benzene ring substituents is 1. The molecule has 21 heavy (non-hydrogen) atoms. The maximum Gasteiger partial charge on any atom is 0.338 e. The average Bonchev–Trinajstić information content (AvgIpc) is 2.91. The summed E-state index contributed by atoms with van der Waals surface area (Å²) in [5.74, 6) is -2.61. The number of anilines is 1. The van der Waals surface area contributed by atoms with E-state index in [1.807, 2.05) is 0 Å². The Morgan fingerprint density at radius 1 is 1.52 bits per heavy atom. The highest BCUT2D eigenvalue weighted by Crippen LogP contribution is 2.27. The number of aromatic nitrogens is 3. The van der Waals surface area contributed by atoms with Crippen molar-refractivity contribution in [2.24, 2.45) is 0 Å². The summed E-state index contributed by atoms with van der Waals surface area (Å²) in [4.78, 5) is 20.9. The molecule has 1 aromatic heterocycles. The van der Waals surface area contributed by atoms with Gasteiger partial charge in [-0.05, 0) is 0 Å². The maximum absolute atomic E-state index is 13.6. The lowest BCUT2D eigenvalue weighted by Gasteiger charge is -2.08. The Balaban J connectivity index is 2.19. The summed E-state index contributed by atoms with van der Waals surface area (Å²) in [5.41, 5.74) is -1.35. The maximum atomic E-state index is 13.6. The van der Waals surface area contributed by atoms with Gasteiger partial charge in [0, 0.05) is 24.9 Å². The van der Waals surface area contributed by atoms with E-state index in [2.05, 4.69) is 15.6 Å². The van der Waals surface area contributed by atoms with E-state index in [1.165, 1.54) is 10.9 Å². The largest absolute Gasteiger partial charge is 0.478 e. The monoisotopic (exact) mass is 295 g/mol. The van der Waals surface area contributed by atoms with Crippen LogP contribution in [0.1, 0.15) is 10.4 Å². The standard InChI is InChI=1S/C11H10FN5O4/c12-8-6-9(13-1-3-16-4-2-14-15-16)10(17(20)21)5-7(8)11(18)19/h2,4-6,13H,1,3H2,(H,18,19). The molecule has 0 bridgehead atoms. The molecule has 9 nitrogen and oxygen atoms in total. The minimum absolute atomic E-state index is 0.0948. The number of carbonyl (C=O) groups is 1. The van der Waals surface area contributed by atoms with Crippen LogP contribution in [-0.2, 0) is 6.54 Å².